The highest BCUT2D eigenvalue weighted by Gasteiger charge is 2.24. The Balaban J connectivity index is 1.38. The first-order valence-corrected chi connectivity index (χ1v) is 9.80. The molecule has 1 aliphatic rings. The van der Waals surface area contributed by atoms with E-state index in [1.807, 2.05) is 42.2 Å². The van der Waals surface area contributed by atoms with Crippen molar-refractivity contribution in [2.24, 2.45) is 0 Å². The van der Waals surface area contributed by atoms with Crippen LogP contribution in [-0.2, 0) is 0 Å². The Labute approximate surface area is 169 Å². The molecule has 150 valence electrons. The highest BCUT2D eigenvalue weighted by Crippen LogP contribution is 2.23. The minimum Gasteiger partial charge on any atom is -0.494 e. The lowest BCUT2D eigenvalue weighted by Crippen LogP contribution is -2.42. The number of amides is 1. The summed E-state index contributed by atoms with van der Waals surface area (Å²) < 4.78 is 5.44. The molecular formula is C21H24N6O2. The molecule has 0 spiro atoms. The zero-order chi connectivity index (χ0) is 20.2. The van der Waals surface area contributed by atoms with E-state index < -0.39 is 0 Å². The fraction of sp³-hybridized carbons (Fsp3) is 0.333. The van der Waals surface area contributed by atoms with Gasteiger partial charge < -0.3 is 20.7 Å². The number of nitrogens with two attached hydrogens (primary N) is 1. The van der Waals surface area contributed by atoms with E-state index in [1.165, 1.54) is 6.33 Å². The Morgan fingerprint density at radius 1 is 1.17 bits per heavy atom. The average Bonchev–Trinajstić information content (AvgIpc) is 2.74. The molecule has 0 unspecified atom stereocenters. The van der Waals surface area contributed by atoms with Gasteiger partial charge in [0.05, 0.1) is 12.0 Å². The van der Waals surface area contributed by atoms with Gasteiger partial charge in [0.25, 0.3) is 5.91 Å². The van der Waals surface area contributed by atoms with Crippen molar-refractivity contribution in [2.45, 2.75) is 25.8 Å². The molecule has 1 amide bonds. The molecule has 0 bridgehead atoms. The zero-order valence-corrected chi connectivity index (χ0v) is 16.3. The minimum absolute atomic E-state index is 0.0543. The van der Waals surface area contributed by atoms with Crippen LogP contribution in [0.3, 0.4) is 0 Å². The first kappa shape index (κ1) is 18.9. The molecule has 3 aromatic rings. The molecule has 8 nitrogen and oxygen atoms in total. The zero-order valence-electron chi connectivity index (χ0n) is 16.3. The van der Waals surface area contributed by atoms with Crippen molar-refractivity contribution < 1.29 is 9.53 Å². The first-order valence-electron chi connectivity index (χ1n) is 9.80. The number of pyridine rings is 1. The van der Waals surface area contributed by atoms with Gasteiger partial charge in [-0.05, 0) is 56.2 Å². The smallest absolute Gasteiger partial charge is 0.253 e. The summed E-state index contributed by atoms with van der Waals surface area (Å²) in [5.41, 5.74) is 7.00. The summed E-state index contributed by atoms with van der Waals surface area (Å²) in [4.78, 5) is 27.4. The molecule has 8 heteroatoms. The van der Waals surface area contributed by atoms with Crippen molar-refractivity contribution in [2.75, 3.05) is 30.7 Å². The summed E-state index contributed by atoms with van der Waals surface area (Å²) in [5, 5.41) is 4.32. The lowest BCUT2D eigenvalue weighted by atomic mass is 10.0. The first-order chi connectivity index (χ1) is 14.1. The largest absolute Gasteiger partial charge is 0.494 e. The number of fused-ring (bicyclic) bond motifs is 1. The average molecular weight is 392 g/mol. The molecule has 1 fully saturated rings. The molecule has 0 radical (unpaired) electrons. The van der Waals surface area contributed by atoms with Crippen LogP contribution in [0.1, 0.15) is 30.1 Å². The van der Waals surface area contributed by atoms with Gasteiger partial charge in [0.1, 0.15) is 23.7 Å². The number of likely N-dealkylation sites (tertiary alicyclic amines) is 1. The summed E-state index contributed by atoms with van der Waals surface area (Å²) >= 11 is 0. The number of aromatic nitrogens is 3. The molecule has 1 aliphatic heterocycles. The maximum atomic E-state index is 12.8. The summed E-state index contributed by atoms with van der Waals surface area (Å²) in [5.74, 6) is 2.01. The number of rotatable bonds is 5. The standard InChI is InChI=1S/C21H24N6O2/c1-2-29-16-5-3-14(4-6-16)21(28)27-11-9-15(10-12-27)25-19-17-7-8-18(22)26-20(17)24-13-23-19/h3-8,13,15H,2,9-12H2,1H3,(H3,22,23,24,25,26). The van der Waals surface area contributed by atoms with Crippen molar-refractivity contribution in [3.63, 3.8) is 0 Å². The van der Waals surface area contributed by atoms with Crippen molar-refractivity contribution >= 4 is 28.6 Å². The van der Waals surface area contributed by atoms with Crippen molar-refractivity contribution in [3.8, 4) is 5.75 Å². The van der Waals surface area contributed by atoms with Crippen molar-refractivity contribution in [1.82, 2.24) is 19.9 Å². The van der Waals surface area contributed by atoms with E-state index in [0.717, 1.165) is 29.8 Å². The molecule has 1 aromatic carbocycles. The van der Waals surface area contributed by atoms with Crippen LogP contribution in [0, 0.1) is 0 Å². The number of hydrogen-bond acceptors (Lipinski definition) is 7. The number of carbonyl (C=O) groups is 1. The number of nitrogens with one attached hydrogen (secondary N) is 1. The van der Waals surface area contributed by atoms with E-state index >= 15 is 0 Å². The number of piperidine rings is 1. The Bertz CT molecular complexity index is 1000. The highest BCUT2D eigenvalue weighted by atomic mass is 16.5. The van der Waals surface area contributed by atoms with Gasteiger partial charge in [0, 0.05) is 24.7 Å². The Hall–Kier alpha value is -3.42. The molecule has 0 aliphatic carbocycles. The molecule has 2 aromatic heterocycles. The van der Waals surface area contributed by atoms with Gasteiger partial charge in [0.15, 0.2) is 5.65 Å². The normalized spacial score (nSPS) is 14.7. The summed E-state index contributed by atoms with van der Waals surface area (Å²) in [7, 11) is 0. The molecule has 0 atom stereocenters. The van der Waals surface area contributed by atoms with Gasteiger partial charge in [-0.25, -0.2) is 15.0 Å². The third-order valence-corrected chi connectivity index (χ3v) is 5.05. The summed E-state index contributed by atoms with van der Waals surface area (Å²) in [6.07, 6.45) is 3.18. The van der Waals surface area contributed by atoms with Crippen LogP contribution < -0.4 is 15.8 Å². The number of hydrogen-bond donors (Lipinski definition) is 2. The van der Waals surface area contributed by atoms with Crippen LogP contribution in [0.2, 0.25) is 0 Å². The second kappa shape index (κ2) is 8.30. The maximum Gasteiger partial charge on any atom is 0.253 e. The van der Waals surface area contributed by atoms with Crippen molar-refractivity contribution in [1.29, 1.82) is 0 Å². The molecule has 29 heavy (non-hydrogen) atoms. The second-order valence-corrected chi connectivity index (χ2v) is 7.00. The third kappa shape index (κ3) is 4.21. The molecular weight excluding hydrogens is 368 g/mol. The molecule has 0 saturated carbocycles. The predicted octanol–water partition coefficient (Wildman–Crippen LogP) is 2.72. The van der Waals surface area contributed by atoms with Crippen LogP contribution in [-0.4, -0.2) is 51.5 Å². The third-order valence-electron chi connectivity index (χ3n) is 5.05. The van der Waals surface area contributed by atoms with Gasteiger partial charge in [-0.1, -0.05) is 0 Å². The van der Waals surface area contributed by atoms with Crippen LogP contribution in [0.15, 0.2) is 42.7 Å². The topological polar surface area (TPSA) is 106 Å². The molecule has 4 rings (SSSR count). The highest BCUT2D eigenvalue weighted by molar-refractivity contribution is 5.94. The van der Waals surface area contributed by atoms with Gasteiger partial charge in [-0.3, -0.25) is 4.79 Å². The van der Waals surface area contributed by atoms with Crippen LogP contribution in [0.4, 0.5) is 11.6 Å². The van der Waals surface area contributed by atoms with E-state index in [-0.39, 0.29) is 11.9 Å². The van der Waals surface area contributed by atoms with Gasteiger partial charge in [-0.2, -0.15) is 0 Å². The maximum absolute atomic E-state index is 12.8. The number of ether oxygens (including phenoxy) is 1. The molecule has 3 heterocycles. The van der Waals surface area contributed by atoms with Crippen LogP contribution >= 0.6 is 0 Å². The molecule has 3 N–H and O–H groups in total. The summed E-state index contributed by atoms with van der Waals surface area (Å²) in [6.45, 7) is 3.93. The Morgan fingerprint density at radius 2 is 1.93 bits per heavy atom. The van der Waals surface area contributed by atoms with E-state index in [4.69, 9.17) is 10.5 Å². The number of anilines is 2. The fourth-order valence-electron chi connectivity index (χ4n) is 3.54. The van der Waals surface area contributed by atoms with E-state index in [0.29, 0.717) is 36.7 Å². The fourth-order valence-corrected chi connectivity index (χ4v) is 3.54. The number of nitrogens with zero attached hydrogens (tertiary/aromatic N) is 4. The van der Waals surface area contributed by atoms with E-state index in [2.05, 4.69) is 20.3 Å². The lowest BCUT2D eigenvalue weighted by molar-refractivity contribution is 0.0718. The quantitative estimate of drug-likeness (QED) is 0.687. The number of benzene rings is 1. The second-order valence-electron chi connectivity index (χ2n) is 7.00. The van der Waals surface area contributed by atoms with Gasteiger partial charge >= 0.3 is 0 Å². The van der Waals surface area contributed by atoms with Crippen molar-refractivity contribution in [3.05, 3.63) is 48.3 Å². The lowest BCUT2D eigenvalue weighted by Gasteiger charge is -2.32. The molecule has 1 saturated heterocycles. The SMILES string of the molecule is CCOc1ccc(C(=O)N2CCC(Nc3ncnc4nc(N)ccc34)CC2)cc1. The Kier molecular flexibility index (Phi) is 5.41. The number of nitrogen functional groups attached to an aromatic ring is 1. The van der Waals surface area contributed by atoms with E-state index in [9.17, 15) is 4.79 Å². The minimum atomic E-state index is 0.0543. The van der Waals surface area contributed by atoms with Gasteiger partial charge in [0.2, 0.25) is 0 Å². The van der Waals surface area contributed by atoms with Crippen LogP contribution in [0.25, 0.3) is 11.0 Å². The summed E-state index contributed by atoms with van der Waals surface area (Å²) in [6, 6.07) is 11.2. The monoisotopic (exact) mass is 392 g/mol. The van der Waals surface area contributed by atoms with Crippen LogP contribution in [0.5, 0.6) is 5.75 Å². The van der Waals surface area contributed by atoms with E-state index in [1.54, 1.807) is 6.07 Å². The number of carbonyl (C=O) groups excluding carboxylic acids is 1. The van der Waals surface area contributed by atoms with Gasteiger partial charge in [-0.15, -0.1) is 0 Å². The Morgan fingerprint density at radius 3 is 2.66 bits per heavy atom. The predicted molar refractivity (Wildman–Crippen MR) is 112 cm³/mol.